The van der Waals surface area contributed by atoms with E-state index in [-0.39, 0.29) is 11.8 Å². The maximum Gasteiger partial charge on any atom is 0.227 e. The second kappa shape index (κ2) is 10.5. The van der Waals surface area contributed by atoms with Crippen LogP contribution in [0, 0.1) is 5.92 Å². The van der Waals surface area contributed by atoms with Crippen molar-refractivity contribution in [1.82, 2.24) is 10.2 Å². The first-order valence-corrected chi connectivity index (χ1v) is 11.9. The lowest BCUT2D eigenvalue weighted by atomic mass is 9.95. The minimum absolute atomic E-state index is 0.0124. The number of carbonyl (C=O) groups excluding carboxylic acids is 1. The monoisotopic (exact) mass is 452 g/mol. The van der Waals surface area contributed by atoms with Gasteiger partial charge in [-0.15, -0.1) is 21.5 Å². The Labute approximate surface area is 192 Å². The highest BCUT2D eigenvalue weighted by Crippen LogP contribution is 2.31. The van der Waals surface area contributed by atoms with Gasteiger partial charge in [-0.3, -0.25) is 4.79 Å². The molecule has 32 heavy (non-hydrogen) atoms. The van der Waals surface area contributed by atoms with E-state index >= 15 is 0 Å². The maximum atomic E-state index is 13.0. The Balaban J connectivity index is 1.36. The molecule has 7 nitrogen and oxygen atoms in total. The predicted octanol–water partition coefficient (Wildman–Crippen LogP) is 4.86. The highest BCUT2D eigenvalue weighted by molar-refractivity contribution is 7.13. The van der Waals surface area contributed by atoms with Crippen molar-refractivity contribution in [1.29, 1.82) is 0 Å². The second-order valence-corrected chi connectivity index (χ2v) is 8.48. The highest BCUT2D eigenvalue weighted by Gasteiger charge is 2.26. The fraction of sp³-hybridized carbons (Fsp3) is 0.375. The lowest BCUT2D eigenvalue weighted by molar-refractivity contribution is -0.120. The molecule has 0 bridgehead atoms. The zero-order valence-electron chi connectivity index (χ0n) is 18.4. The van der Waals surface area contributed by atoms with Crippen molar-refractivity contribution < 1.29 is 14.3 Å². The molecule has 0 aliphatic carbocycles. The van der Waals surface area contributed by atoms with Crippen LogP contribution in [0.3, 0.4) is 0 Å². The number of benzene rings is 1. The van der Waals surface area contributed by atoms with E-state index < -0.39 is 0 Å². The Hall–Kier alpha value is -3.13. The van der Waals surface area contributed by atoms with Gasteiger partial charge >= 0.3 is 0 Å². The van der Waals surface area contributed by atoms with Gasteiger partial charge in [0.1, 0.15) is 17.2 Å². The molecule has 0 atom stereocenters. The molecule has 2 aromatic heterocycles. The summed E-state index contributed by atoms with van der Waals surface area (Å²) >= 11 is 1.65. The number of aromatic nitrogens is 2. The average Bonchev–Trinajstić information content (AvgIpc) is 3.36. The first kappa shape index (κ1) is 22.1. The molecule has 1 N–H and O–H groups in total. The standard InChI is InChI=1S/C24H28N4O3S/c1-3-30-18-7-9-21(31-4-2)20(16-18)25-24(29)17-11-13-28(14-12-17)23-10-8-19(26-27-23)22-6-5-15-32-22/h5-10,15-17H,3-4,11-14H2,1-2H3,(H,25,29). The normalized spacial score (nSPS) is 14.2. The van der Waals surface area contributed by atoms with Gasteiger partial charge in [-0.1, -0.05) is 6.07 Å². The van der Waals surface area contributed by atoms with Gasteiger partial charge in [-0.25, -0.2) is 0 Å². The van der Waals surface area contributed by atoms with E-state index in [1.54, 1.807) is 11.3 Å². The SMILES string of the molecule is CCOc1ccc(OCC)c(NC(=O)C2CCN(c3ccc(-c4cccs4)nn3)CC2)c1. The van der Waals surface area contributed by atoms with Crippen LogP contribution >= 0.6 is 11.3 Å². The van der Waals surface area contributed by atoms with Crippen LogP contribution in [0.5, 0.6) is 11.5 Å². The summed E-state index contributed by atoms with van der Waals surface area (Å²) in [6, 6.07) is 13.6. The van der Waals surface area contributed by atoms with Crippen molar-refractivity contribution in [3.63, 3.8) is 0 Å². The van der Waals surface area contributed by atoms with Crippen LogP contribution in [0.1, 0.15) is 26.7 Å². The Kier molecular flexibility index (Phi) is 7.21. The third-order valence-corrected chi connectivity index (χ3v) is 6.33. The lowest BCUT2D eigenvalue weighted by Crippen LogP contribution is -2.38. The van der Waals surface area contributed by atoms with Crippen LogP contribution in [0.15, 0.2) is 47.8 Å². The molecule has 0 saturated carbocycles. The summed E-state index contributed by atoms with van der Waals surface area (Å²) < 4.78 is 11.3. The van der Waals surface area contributed by atoms with Crippen molar-refractivity contribution in [2.75, 3.05) is 36.5 Å². The number of ether oxygens (including phenoxy) is 2. The first-order valence-electron chi connectivity index (χ1n) is 11.0. The topological polar surface area (TPSA) is 76.6 Å². The molecular weight excluding hydrogens is 424 g/mol. The molecule has 1 amide bonds. The van der Waals surface area contributed by atoms with Gasteiger partial charge < -0.3 is 19.7 Å². The number of nitrogens with zero attached hydrogens (tertiary/aromatic N) is 3. The van der Waals surface area contributed by atoms with Crippen molar-refractivity contribution in [2.45, 2.75) is 26.7 Å². The maximum absolute atomic E-state index is 13.0. The Morgan fingerprint density at radius 3 is 2.56 bits per heavy atom. The number of carbonyl (C=O) groups is 1. The molecule has 1 aliphatic heterocycles. The van der Waals surface area contributed by atoms with Crippen LogP contribution in [0.4, 0.5) is 11.5 Å². The van der Waals surface area contributed by atoms with E-state index in [4.69, 9.17) is 9.47 Å². The van der Waals surface area contributed by atoms with E-state index in [0.29, 0.717) is 30.4 Å². The molecule has 1 saturated heterocycles. The molecule has 3 aromatic rings. The van der Waals surface area contributed by atoms with Gasteiger partial charge in [-0.05, 0) is 62.4 Å². The van der Waals surface area contributed by atoms with E-state index in [9.17, 15) is 4.79 Å². The van der Waals surface area contributed by atoms with E-state index in [1.165, 1.54) is 0 Å². The van der Waals surface area contributed by atoms with Gasteiger partial charge in [0, 0.05) is 25.1 Å². The summed E-state index contributed by atoms with van der Waals surface area (Å²) in [6.45, 7) is 6.49. The number of anilines is 2. The molecule has 1 aliphatic rings. The van der Waals surface area contributed by atoms with Crippen molar-refractivity contribution in [3.8, 4) is 22.1 Å². The molecule has 1 aromatic carbocycles. The van der Waals surface area contributed by atoms with Crippen LogP contribution in [0.25, 0.3) is 10.6 Å². The number of hydrogen-bond acceptors (Lipinski definition) is 7. The predicted molar refractivity (Wildman–Crippen MR) is 128 cm³/mol. The quantitative estimate of drug-likeness (QED) is 0.526. The average molecular weight is 453 g/mol. The number of thiophene rings is 1. The summed E-state index contributed by atoms with van der Waals surface area (Å²) in [5.74, 6) is 2.17. The van der Waals surface area contributed by atoms with E-state index in [1.807, 2.05) is 61.7 Å². The minimum Gasteiger partial charge on any atom is -0.494 e. The molecular formula is C24H28N4O3S. The smallest absolute Gasteiger partial charge is 0.227 e. The summed E-state index contributed by atoms with van der Waals surface area (Å²) in [4.78, 5) is 16.3. The van der Waals surface area contributed by atoms with Gasteiger partial charge in [0.2, 0.25) is 5.91 Å². The summed E-state index contributed by atoms with van der Waals surface area (Å²) in [6.07, 6.45) is 1.52. The van der Waals surface area contributed by atoms with Crippen molar-refractivity contribution in [2.24, 2.45) is 5.92 Å². The summed E-state index contributed by atoms with van der Waals surface area (Å²) in [5, 5.41) is 13.9. The summed E-state index contributed by atoms with van der Waals surface area (Å²) in [7, 11) is 0. The zero-order valence-corrected chi connectivity index (χ0v) is 19.2. The highest BCUT2D eigenvalue weighted by atomic mass is 32.1. The second-order valence-electron chi connectivity index (χ2n) is 7.53. The van der Waals surface area contributed by atoms with Crippen molar-refractivity contribution >= 4 is 28.7 Å². The van der Waals surface area contributed by atoms with Crippen molar-refractivity contribution in [3.05, 3.63) is 47.8 Å². The van der Waals surface area contributed by atoms with Gasteiger partial charge in [0.05, 0.1) is 23.8 Å². The lowest BCUT2D eigenvalue weighted by Gasteiger charge is -2.32. The molecule has 0 radical (unpaired) electrons. The fourth-order valence-electron chi connectivity index (χ4n) is 3.80. The Bertz CT molecular complexity index is 1020. The number of nitrogens with one attached hydrogen (secondary N) is 1. The van der Waals surface area contributed by atoms with Crippen LogP contribution in [-0.4, -0.2) is 42.4 Å². The molecule has 8 heteroatoms. The largest absolute Gasteiger partial charge is 0.494 e. The Morgan fingerprint density at radius 2 is 1.91 bits per heavy atom. The summed E-state index contributed by atoms with van der Waals surface area (Å²) in [5.41, 5.74) is 1.54. The Morgan fingerprint density at radius 1 is 1.09 bits per heavy atom. The van der Waals surface area contributed by atoms with Gasteiger partial charge in [0.15, 0.2) is 5.82 Å². The molecule has 0 unspecified atom stereocenters. The fourth-order valence-corrected chi connectivity index (χ4v) is 4.49. The number of amides is 1. The number of rotatable bonds is 8. The van der Waals surface area contributed by atoms with Crippen LogP contribution in [0.2, 0.25) is 0 Å². The first-order chi connectivity index (χ1) is 15.7. The molecule has 0 spiro atoms. The van der Waals surface area contributed by atoms with Crippen LogP contribution in [-0.2, 0) is 4.79 Å². The van der Waals surface area contributed by atoms with Gasteiger partial charge in [0.25, 0.3) is 0 Å². The zero-order chi connectivity index (χ0) is 22.3. The third kappa shape index (κ3) is 5.19. The van der Waals surface area contributed by atoms with E-state index in [2.05, 4.69) is 20.4 Å². The number of hydrogen-bond donors (Lipinski definition) is 1. The third-order valence-electron chi connectivity index (χ3n) is 5.43. The van der Waals surface area contributed by atoms with Gasteiger partial charge in [-0.2, -0.15) is 0 Å². The molecule has 1 fully saturated rings. The molecule has 168 valence electrons. The molecule has 3 heterocycles. The van der Waals surface area contributed by atoms with Crippen LogP contribution < -0.4 is 19.7 Å². The minimum atomic E-state index is -0.0603. The molecule has 4 rings (SSSR count). The number of piperidine rings is 1. The van der Waals surface area contributed by atoms with E-state index in [0.717, 1.165) is 42.3 Å².